The van der Waals surface area contributed by atoms with Gasteiger partial charge in [0.15, 0.2) is 0 Å². The van der Waals surface area contributed by atoms with Crippen LogP contribution in [-0.2, 0) is 14.3 Å². The van der Waals surface area contributed by atoms with Crippen molar-refractivity contribution in [3.63, 3.8) is 0 Å². The van der Waals surface area contributed by atoms with Gasteiger partial charge in [-0.1, -0.05) is 0 Å². The normalized spacial score (nSPS) is 21.9. The molecule has 1 saturated carbocycles. The molecule has 2 aliphatic rings. The fourth-order valence-electron chi connectivity index (χ4n) is 2.40. The zero-order valence-corrected chi connectivity index (χ0v) is 13.1. The molecule has 1 heterocycles. The molecule has 1 saturated heterocycles. The van der Waals surface area contributed by atoms with Crippen molar-refractivity contribution in [2.75, 3.05) is 53.1 Å². The van der Waals surface area contributed by atoms with Crippen LogP contribution in [0.1, 0.15) is 19.3 Å². The summed E-state index contributed by atoms with van der Waals surface area (Å²) in [5.74, 6) is 1.55. The van der Waals surface area contributed by atoms with Gasteiger partial charge in [0, 0.05) is 26.1 Å². The van der Waals surface area contributed by atoms with E-state index >= 15 is 0 Å². The molecule has 1 amide bonds. The molecule has 0 aromatic heterocycles. The lowest BCUT2D eigenvalue weighted by atomic mass is 10.1. The van der Waals surface area contributed by atoms with Crippen LogP contribution in [0.4, 0.5) is 0 Å². The fourth-order valence-corrected chi connectivity index (χ4v) is 2.40. The predicted octanol–water partition coefficient (Wildman–Crippen LogP) is 0.919. The first-order valence-electron chi connectivity index (χ1n) is 7.34. The summed E-state index contributed by atoms with van der Waals surface area (Å²) in [5.41, 5.74) is 0. The lowest BCUT2D eigenvalue weighted by Crippen LogP contribution is -2.37. The molecule has 0 radical (unpaired) electrons. The van der Waals surface area contributed by atoms with Gasteiger partial charge < -0.3 is 19.7 Å². The second-order valence-electron chi connectivity index (χ2n) is 5.64. The number of hydrogen-bond acceptors (Lipinski definition) is 4. The minimum absolute atomic E-state index is 0. The van der Waals surface area contributed by atoms with Gasteiger partial charge in [0.2, 0.25) is 5.91 Å². The molecule has 5 nitrogen and oxygen atoms in total. The van der Waals surface area contributed by atoms with Crippen molar-refractivity contribution in [2.45, 2.75) is 19.3 Å². The number of likely N-dealkylation sites (tertiary alicyclic amines) is 1. The molecular weight excluding hydrogens is 280 g/mol. The maximum atomic E-state index is 12.0. The van der Waals surface area contributed by atoms with E-state index in [-0.39, 0.29) is 18.3 Å². The van der Waals surface area contributed by atoms with Crippen LogP contribution in [0.15, 0.2) is 0 Å². The Bertz CT molecular complexity index is 288. The molecular formula is C14H27ClN2O3. The number of methoxy groups -OCH3 is 1. The Labute approximate surface area is 127 Å². The highest BCUT2D eigenvalue weighted by molar-refractivity contribution is 5.85. The van der Waals surface area contributed by atoms with Gasteiger partial charge in [-0.2, -0.15) is 0 Å². The van der Waals surface area contributed by atoms with Crippen molar-refractivity contribution in [3.05, 3.63) is 0 Å². The molecule has 118 valence electrons. The smallest absolute Gasteiger partial charge is 0.236 e. The largest absolute Gasteiger partial charge is 0.382 e. The SMILES string of the molecule is COCCOCC1CCN(C(=O)CNCC2CC2)C1.Cl. The Hall–Kier alpha value is -0.360. The van der Waals surface area contributed by atoms with Crippen molar-refractivity contribution < 1.29 is 14.3 Å². The zero-order chi connectivity index (χ0) is 13.5. The van der Waals surface area contributed by atoms with E-state index in [2.05, 4.69) is 5.32 Å². The van der Waals surface area contributed by atoms with Crippen LogP contribution >= 0.6 is 12.4 Å². The van der Waals surface area contributed by atoms with Gasteiger partial charge in [0.25, 0.3) is 0 Å². The highest BCUT2D eigenvalue weighted by Gasteiger charge is 2.26. The lowest BCUT2D eigenvalue weighted by molar-refractivity contribution is -0.129. The number of amides is 1. The summed E-state index contributed by atoms with van der Waals surface area (Å²) in [6.07, 6.45) is 3.71. The molecule has 0 bridgehead atoms. The summed E-state index contributed by atoms with van der Waals surface area (Å²) in [6.45, 7) is 5.24. The molecule has 6 heteroatoms. The Kier molecular flexibility index (Phi) is 8.45. The first-order valence-corrected chi connectivity index (χ1v) is 7.34. The second-order valence-corrected chi connectivity index (χ2v) is 5.64. The van der Waals surface area contributed by atoms with Crippen LogP contribution in [-0.4, -0.2) is 63.9 Å². The molecule has 1 unspecified atom stereocenters. The molecule has 2 rings (SSSR count). The van der Waals surface area contributed by atoms with E-state index in [0.717, 1.165) is 38.6 Å². The highest BCUT2D eigenvalue weighted by atomic mass is 35.5. The van der Waals surface area contributed by atoms with Gasteiger partial charge in [0.05, 0.1) is 26.4 Å². The maximum absolute atomic E-state index is 12.0. The monoisotopic (exact) mass is 306 g/mol. The average Bonchev–Trinajstić information content (AvgIpc) is 3.11. The summed E-state index contributed by atoms with van der Waals surface area (Å²) >= 11 is 0. The van der Waals surface area contributed by atoms with Crippen LogP contribution in [0.5, 0.6) is 0 Å². The third-order valence-corrected chi connectivity index (χ3v) is 3.83. The first-order chi connectivity index (χ1) is 9.29. The summed E-state index contributed by atoms with van der Waals surface area (Å²) in [4.78, 5) is 13.9. The van der Waals surface area contributed by atoms with Crippen molar-refractivity contribution >= 4 is 18.3 Å². The number of halogens is 1. The Morgan fingerprint density at radius 1 is 1.25 bits per heavy atom. The zero-order valence-electron chi connectivity index (χ0n) is 12.3. The van der Waals surface area contributed by atoms with E-state index in [1.807, 2.05) is 4.90 Å². The standard InChI is InChI=1S/C14H26N2O3.ClH/c1-18-6-7-19-11-13-4-5-16(10-13)14(17)9-15-8-12-2-3-12;/h12-13,15H,2-11H2,1H3;1H. The summed E-state index contributed by atoms with van der Waals surface area (Å²) in [6, 6.07) is 0. The van der Waals surface area contributed by atoms with E-state index in [9.17, 15) is 4.79 Å². The minimum Gasteiger partial charge on any atom is -0.382 e. The molecule has 1 N–H and O–H groups in total. The maximum Gasteiger partial charge on any atom is 0.236 e. The van der Waals surface area contributed by atoms with E-state index in [1.165, 1.54) is 12.8 Å². The van der Waals surface area contributed by atoms with Crippen molar-refractivity contribution in [2.24, 2.45) is 11.8 Å². The lowest BCUT2D eigenvalue weighted by Gasteiger charge is -2.17. The Morgan fingerprint density at radius 3 is 2.75 bits per heavy atom. The van der Waals surface area contributed by atoms with Gasteiger partial charge >= 0.3 is 0 Å². The number of hydrogen-bond donors (Lipinski definition) is 1. The average molecular weight is 307 g/mol. The summed E-state index contributed by atoms with van der Waals surface area (Å²) < 4.78 is 10.5. The number of rotatable bonds is 9. The minimum atomic E-state index is 0. The van der Waals surface area contributed by atoms with Crippen molar-refractivity contribution in [1.82, 2.24) is 10.2 Å². The van der Waals surface area contributed by atoms with E-state index in [1.54, 1.807) is 7.11 Å². The molecule has 0 spiro atoms. The van der Waals surface area contributed by atoms with Gasteiger partial charge in [-0.3, -0.25) is 4.79 Å². The Balaban J connectivity index is 0.00000200. The molecule has 0 aromatic carbocycles. The topological polar surface area (TPSA) is 50.8 Å². The first kappa shape index (κ1) is 17.7. The molecule has 1 atom stereocenters. The van der Waals surface area contributed by atoms with Gasteiger partial charge in [-0.05, 0) is 31.7 Å². The summed E-state index contributed by atoms with van der Waals surface area (Å²) in [5, 5.41) is 3.26. The molecule has 1 aliphatic heterocycles. The van der Waals surface area contributed by atoms with Crippen molar-refractivity contribution in [1.29, 1.82) is 0 Å². The second kappa shape index (κ2) is 9.55. The van der Waals surface area contributed by atoms with Crippen molar-refractivity contribution in [3.8, 4) is 0 Å². The van der Waals surface area contributed by atoms with E-state index in [4.69, 9.17) is 9.47 Å². The fraction of sp³-hybridized carbons (Fsp3) is 0.929. The van der Waals surface area contributed by atoms with Gasteiger partial charge in [-0.25, -0.2) is 0 Å². The molecule has 2 fully saturated rings. The Morgan fingerprint density at radius 2 is 2.05 bits per heavy atom. The number of carbonyl (C=O) groups excluding carboxylic acids is 1. The van der Waals surface area contributed by atoms with Gasteiger partial charge in [0.1, 0.15) is 0 Å². The number of nitrogens with zero attached hydrogens (tertiary/aromatic N) is 1. The van der Waals surface area contributed by atoms with E-state index in [0.29, 0.717) is 25.7 Å². The molecule has 20 heavy (non-hydrogen) atoms. The van der Waals surface area contributed by atoms with Crippen LogP contribution in [0.3, 0.4) is 0 Å². The highest BCUT2D eigenvalue weighted by Crippen LogP contribution is 2.27. The summed E-state index contributed by atoms with van der Waals surface area (Å²) in [7, 11) is 1.67. The van der Waals surface area contributed by atoms with Crippen LogP contribution < -0.4 is 5.32 Å². The molecule has 1 aliphatic carbocycles. The van der Waals surface area contributed by atoms with Crippen LogP contribution in [0.25, 0.3) is 0 Å². The number of carbonyl (C=O) groups is 1. The quantitative estimate of drug-likeness (QED) is 0.644. The number of nitrogens with one attached hydrogen (secondary N) is 1. The third-order valence-electron chi connectivity index (χ3n) is 3.83. The van der Waals surface area contributed by atoms with E-state index < -0.39 is 0 Å². The van der Waals surface area contributed by atoms with Crippen LogP contribution in [0, 0.1) is 11.8 Å². The predicted molar refractivity (Wildman–Crippen MR) is 80.2 cm³/mol. The van der Waals surface area contributed by atoms with Crippen LogP contribution in [0.2, 0.25) is 0 Å². The molecule has 0 aromatic rings. The third kappa shape index (κ3) is 6.39. The number of ether oxygens (including phenoxy) is 2. The van der Waals surface area contributed by atoms with Gasteiger partial charge in [-0.15, -0.1) is 12.4 Å².